The van der Waals surface area contributed by atoms with E-state index in [1.807, 2.05) is 26.8 Å². The van der Waals surface area contributed by atoms with Crippen molar-refractivity contribution in [2.24, 2.45) is 4.99 Å². The third-order valence-electron chi connectivity index (χ3n) is 3.37. The van der Waals surface area contributed by atoms with Gasteiger partial charge in [0.05, 0.1) is 6.54 Å². The zero-order valence-electron chi connectivity index (χ0n) is 14.4. The highest BCUT2D eigenvalue weighted by atomic mass is 19.1. The number of hydrogen-bond donors (Lipinski definition) is 3. The summed E-state index contributed by atoms with van der Waals surface area (Å²) in [5, 5.41) is 9.04. The molecule has 128 valence electrons. The van der Waals surface area contributed by atoms with Crippen LogP contribution >= 0.6 is 0 Å². The van der Waals surface area contributed by atoms with Gasteiger partial charge in [-0.2, -0.15) is 0 Å². The monoisotopic (exact) mass is 322 g/mol. The van der Waals surface area contributed by atoms with E-state index in [1.54, 1.807) is 12.1 Å². The molecule has 0 spiro atoms. The van der Waals surface area contributed by atoms with Crippen molar-refractivity contribution in [3.63, 3.8) is 0 Å². The zero-order chi connectivity index (χ0) is 17.3. The van der Waals surface area contributed by atoms with Crippen LogP contribution in [0.1, 0.15) is 33.3 Å². The van der Waals surface area contributed by atoms with Crippen molar-refractivity contribution in [2.75, 3.05) is 26.2 Å². The Morgan fingerprint density at radius 1 is 1.22 bits per heavy atom. The van der Waals surface area contributed by atoms with Crippen molar-refractivity contribution in [1.82, 2.24) is 16.0 Å². The quantitative estimate of drug-likeness (QED) is 0.407. The molecule has 0 radical (unpaired) electrons. The van der Waals surface area contributed by atoms with E-state index in [9.17, 15) is 9.18 Å². The van der Waals surface area contributed by atoms with Gasteiger partial charge in [-0.05, 0) is 24.6 Å². The fourth-order valence-electron chi connectivity index (χ4n) is 2.04. The summed E-state index contributed by atoms with van der Waals surface area (Å²) in [6, 6.07) is 6.62. The number of carbonyl (C=O) groups is 1. The molecule has 0 atom stereocenters. The van der Waals surface area contributed by atoms with E-state index in [0.29, 0.717) is 25.6 Å². The maximum absolute atomic E-state index is 13.4. The summed E-state index contributed by atoms with van der Waals surface area (Å²) in [4.78, 5) is 15.4. The molecule has 0 heterocycles. The number of nitrogens with zero attached hydrogens (tertiary/aromatic N) is 1. The van der Waals surface area contributed by atoms with Gasteiger partial charge in [0, 0.05) is 32.0 Å². The third-order valence-corrected chi connectivity index (χ3v) is 3.37. The van der Waals surface area contributed by atoms with Gasteiger partial charge in [-0.15, -0.1) is 0 Å². The molecular weight excluding hydrogens is 295 g/mol. The maximum Gasteiger partial charge on any atom is 0.216 e. The van der Waals surface area contributed by atoms with Crippen LogP contribution in [0.5, 0.6) is 0 Å². The highest BCUT2D eigenvalue weighted by molar-refractivity contribution is 5.80. The number of benzene rings is 1. The molecule has 0 aliphatic rings. The van der Waals surface area contributed by atoms with Gasteiger partial charge in [0.25, 0.3) is 0 Å². The van der Waals surface area contributed by atoms with Crippen LogP contribution in [0.15, 0.2) is 29.3 Å². The van der Waals surface area contributed by atoms with Crippen LogP contribution in [0, 0.1) is 5.82 Å². The Morgan fingerprint density at radius 2 is 1.91 bits per heavy atom. The van der Waals surface area contributed by atoms with Crippen LogP contribution < -0.4 is 16.0 Å². The molecule has 5 nitrogen and oxygen atoms in total. The summed E-state index contributed by atoms with van der Waals surface area (Å²) in [5.74, 6) is 0.392. The Kier molecular flexibility index (Phi) is 7.51. The molecule has 0 saturated carbocycles. The van der Waals surface area contributed by atoms with Crippen molar-refractivity contribution >= 4 is 11.9 Å². The number of aliphatic imine (C=N–C) groups is 1. The Balaban J connectivity index is 2.65. The van der Waals surface area contributed by atoms with Gasteiger partial charge in [-0.3, -0.25) is 9.79 Å². The third kappa shape index (κ3) is 7.13. The molecule has 0 aliphatic heterocycles. The summed E-state index contributed by atoms with van der Waals surface area (Å²) < 4.78 is 13.4. The molecule has 6 heteroatoms. The number of nitrogens with one attached hydrogen (secondary N) is 3. The summed E-state index contributed by atoms with van der Waals surface area (Å²) in [6.07, 6.45) is 0. The van der Waals surface area contributed by atoms with Gasteiger partial charge in [0.1, 0.15) is 5.82 Å². The molecule has 1 aromatic rings. The number of rotatable bonds is 7. The average molecular weight is 322 g/mol. The first-order chi connectivity index (χ1) is 10.8. The molecule has 1 amide bonds. The summed E-state index contributed by atoms with van der Waals surface area (Å²) in [7, 11) is 0. The van der Waals surface area contributed by atoms with E-state index in [-0.39, 0.29) is 17.1 Å². The van der Waals surface area contributed by atoms with Gasteiger partial charge < -0.3 is 16.0 Å². The second kappa shape index (κ2) is 9.12. The van der Waals surface area contributed by atoms with Crippen LogP contribution in [0.25, 0.3) is 0 Å². The van der Waals surface area contributed by atoms with Crippen molar-refractivity contribution < 1.29 is 9.18 Å². The average Bonchev–Trinajstić information content (AvgIpc) is 2.49. The van der Waals surface area contributed by atoms with Gasteiger partial charge in [0.15, 0.2) is 5.96 Å². The second-order valence-electron chi connectivity index (χ2n) is 6.00. The van der Waals surface area contributed by atoms with Crippen LogP contribution in [-0.4, -0.2) is 38.0 Å². The highest BCUT2D eigenvalue weighted by Gasteiger charge is 2.20. The molecular formula is C17H27FN4O. The first-order valence-corrected chi connectivity index (χ1v) is 7.88. The molecule has 0 fully saturated rings. The molecule has 0 aromatic heterocycles. The minimum atomic E-state index is -0.276. The molecule has 1 aromatic carbocycles. The number of guanidine groups is 1. The number of carbonyl (C=O) groups excluding carboxylic acids is 1. The minimum absolute atomic E-state index is 0.0547. The van der Waals surface area contributed by atoms with E-state index in [4.69, 9.17) is 0 Å². The minimum Gasteiger partial charge on any atom is -0.357 e. The second-order valence-corrected chi connectivity index (χ2v) is 6.00. The smallest absolute Gasteiger partial charge is 0.216 e. The summed E-state index contributed by atoms with van der Waals surface area (Å²) in [5.41, 5.74) is 0.637. The topological polar surface area (TPSA) is 65.5 Å². The Morgan fingerprint density at radius 3 is 2.52 bits per heavy atom. The van der Waals surface area contributed by atoms with E-state index in [0.717, 1.165) is 12.1 Å². The van der Waals surface area contributed by atoms with Gasteiger partial charge in [-0.25, -0.2) is 4.39 Å². The van der Waals surface area contributed by atoms with Gasteiger partial charge >= 0.3 is 0 Å². The Bertz CT molecular complexity index is 543. The SMILES string of the molecule is CCNC(=NCC(C)(C)c1cccc(F)c1)NCCNC(C)=O. The standard InChI is InChI=1S/C17H27FN4O/c1-5-19-16(21-10-9-20-13(2)23)22-12-17(3,4)14-7-6-8-15(18)11-14/h6-8,11H,5,9-10,12H2,1-4H3,(H,20,23)(H2,19,21,22). The predicted octanol–water partition coefficient (Wildman–Crippen LogP) is 1.79. The Labute approximate surface area is 137 Å². The molecule has 0 aliphatic carbocycles. The van der Waals surface area contributed by atoms with Gasteiger partial charge in [0.2, 0.25) is 5.91 Å². The van der Waals surface area contributed by atoms with E-state index < -0.39 is 0 Å². The Hall–Kier alpha value is -2.11. The van der Waals surface area contributed by atoms with E-state index >= 15 is 0 Å². The van der Waals surface area contributed by atoms with Crippen molar-refractivity contribution in [3.05, 3.63) is 35.6 Å². The van der Waals surface area contributed by atoms with E-state index in [2.05, 4.69) is 20.9 Å². The van der Waals surface area contributed by atoms with Crippen LogP contribution in [-0.2, 0) is 10.2 Å². The first kappa shape index (κ1) is 18.9. The van der Waals surface area contributed by atoms with Crippen molar-refractivity contribution in [1.29, 1.82) is 0 Å². The predicted molar refractivity (Wildman–Crippen MR) is 92.1 cm³/mol. The van der Waals surface area contributed by atoms with Crippen LogP contribution in [0.3, 0.4) is 0 Å². The molecule has 0 unspecified atom stereocenters. The number of halogens is 1. The lowest BCUT2D eigenvalue weighted by Gasteiger charge is -2.24. The lowest BCUT2D eigenvalue weighted by molar-refractivity contribution is -0.118. The molecule has 23 heavy (non-hydrogen) atoms. The normalized spacial score (nSPS) is 12.0. The van der Waals surface area contributed by atoms with Crippen LogP contribution in [0.4, 0.5) is 4.39 Å². The number of amides is 1. The highest BCUT2D eigenvalue weighted by Crippen LogP contribution is 2.23. The number of hydrogen-bond acceptors (Lipinski definition) is 2. The lowest BCUT2D eigenvalue weighted by atomic mass is 9.85. The fraction of sp³-hybridized carbons (Fsp3) is 0.529. The molecule has 3 N–H and O–H groups in total. The van der Waals surface area contributed by atoms with Crippen molar-refractivity contribution in [2.45, 2.75) is 33.1 Å². The maximum atomic E-state index is 13.4. The fourth-order valence-corrected chi connectivity index (χ4v) is 2.04. The summed E-state index contributed by atoms with van der Waals surface area (Å²) in [6.45, 7) is 9.93. The summed E-state index contributed by atoms with van der Waals surface area (Å²) >= 11 is 0. The van der Waals surface area contributed by atoms with Crippen LogP contribution in [0.2, 0.25) is 0 Å². The van der Waals surface area contributed by atoms with E-state index in [1.165, 1.54) is 13.0 Å². The first-order valence-electron chi connectivity index (χ1n) is 7.88. The lowest BCUT2D eigenvalue weighted by Crippen LogP contribution is -2.42. The molecule has 1 rings (SSSR count). The molecule has 0 saturated heterocycles. The molecule has 0 bridgehead atoms. The zero-order valence-corrected chi connectivity index (χ0v) is 14.4. The largest absolute Gasteiger partial charge is 0.357 e. The van der Waals surface area contributed by atoms with Gasteiger partial charge in [-0.1, -0.05) is 26.0 Å². The van der Waals surface area contributed by atoms with Crippen molar-refractivity contribution in [3.8, 4) is 0 Å².